The van der Waals surface area contributed by atoms with E-state index in [4.69, 9.17) is 0 Å². The Kier molecular flexibility index (Phi) is 6.55. The summed E-state index contributed by atoms with van der Waals surface area (Å²) in [4.78, 5) is 27.0. The number of hydrogen-bond acceptors (Lipinski definition) is 5. The number of aromatic nitrogens is 4. The summed E-state index contributed by atoms with van der Waals surface area (Å²) in [6.45, 7) is 7.43. The molecule has 2 N–H and O–H groups in total. The minimum atomic E-state index is -0.443. The van der Waals surface area contributed by atoms with Gasteiger partial charge in [-0.3, -0.25) is 9.59 Å². The van der Waals surface area contributed by atoms with Crippen LogP contribution < -0.4 is 16.2 Å². The first-order valence-electron chi connectivity index (χ1n) is 8.63. The molecule has 0 bridgehead atoms. The van der Waals surface area contributed by atoms with Gasteiger partial charge in [0.15, 0.2) is 5.82 Å². The first kappa shape index (κ1) is 20.1. The van der Waals surface area contributed by atoms with Gasteiger partial charge in [-0.25, -0.2) is 0 Å². The second-order valence-electron chi connectivity index (χ2n) is 6.67. The molecule has 142 valence electrons. The van der Waals surface area contributed by atoms with Crippen LogP contribution in [-0.2, 0) is 0 Å². The van der Waals surface area contributed by atoms with E-state index in [0.717, 1.165) is 25.9 Å². The zero-order valence-electron chi connectivity index (χ0n) is 15.2. The zero-order valence-corrected chi connectivity index (χ0v) is 16.0. The topological polar surface area (TPSA) is 93.8 Å². The van der Waals surface area contributed by atoms with Gasteiger partial charge in [-0.15, -0.1) is 17.5 Å². The van der Waals surface area contributed by atoms with Gasteiger partial charge in [0.05, 0.1) is 12.2 Å². The molecule has 0 spiro atoms. The highest BCUT2D eigenvalue weighted by atomic mass is 35.5. The second kappa shape index (κ2) is 8.46. The van der Waals surface area contributed by atoms with Gasteiger partial charge < -0.3 is 15.2 Å². The smallest absolute Gasteiger partial charge is 0.263 e. The lowest BCUT2D eigenvalue weighted by Gasteiger charge is -2.25. The maximum Gasteiger partial charge on any atom is 0.263 e. The number of nitrogens with zero attached hydrogens (tertiary/aromatic N) is 4. The molecule has 0 aromatic carbocycles. The molecule has 1 fully saturated rings. The van der Waals surface area contributed by atoms with E-state index >= 15 is 0 Å². The Bertz CT molecular complexity index is 823. The van der Waals surface area contributed by atoms with Crippen LogP contribution in [0.5, 0.6) is 0 Å². The van der Waals surface area contributed by atoms with Crippen molar-refractivity contribution in [3.8, 4) is 0 Å². The molecule has 1 aliphatic heterocycles. The highest BCUT2D eigenvalue weighted by Crippen LogP contribution is 2.17. The Labute approximate surface area is 158 Å². The molecule has 3 heterocycles. The number of anilines is 1. The number of pyridine rings is 1. The standard InChI is InChI=1S/C17H24N6O2.ClH/c1-11(2)23-19-10-14(21-23)20-16(24)15-12(3)6-9-22(17(15)25)13-4-7-18-8-5-13;/h6,9-11,13,18H,4-5,7-8H2,1-3H3,(H,20,21,24);1H. The SMILES string of the molecule is Cc1ccn(C2CCNCC2)c(=O)c1C(=O)Nc1cnn(C(C)C)n1.Cl. The van der Waals surface area contributed by atoms with Crippen LogP contribution in [0.15, 0.2) is 23.3 Å². The maximum absolute atomic E-state index is 12.9. The van der Waals surface area contributed by atoms with E-state index < -0.39 is 5.91 Å². The normalized spacial score (nSPS) is 14.9. The Morgan fingerprint density at radius 2 is 2.04 bits per heavy atom. The molecule has 0 unspecified atom stereocenters. The number of nitrogens with one attached hydrogen (secondary N) is 2. The molecule has 0 saturated carbocycles. The zero-order chi connectivity index (χ0) is 18.0. The number of hydrogen-bond donors (Lipinski definition) is 2. The summed E-state index contributed by atoms with van der Waals surface area (Å²) in [5, 5.41) is 14.3. The number of piperidine rings is 1. The van der Waals surface area contributed by atoms with Crippen LogP contribution in [0.2, 0.25) is 0 Å². The third kappa shape index (κ3) is 4.13. The van der Waals surface area contributed by atoms with E-state index in [-0.39, 0.29) is 35.6 Å². The van der Waals surface area contributed by atoms with Crippen molar-refractivity contribution >= 4 is 24.1 Å². The Balaban J connectivity index is 0.00000243. The first-order valence-corrected chi connectivity index (χ1v) is 8.63. The summed E-state index contributed by atoms with van der Waals surface area (Å²) in [7, 11) is 0. The van der Waals surface area contributed by atoms with Crippen LogP contribution in [0.1, 0.15) is 54.7 Å². The van der Waals surface area contributed by atoms with Crippen LogP contribution >= 0.6 is 12.4 Å². The monoisotopic (exact) mass is 380 g/mol. The van der Waals surface area contributed by atoms with Gasteiger partial charge in [0.2, 0.25) is 0 Å². The van der Waals surface area contributed by atoms with Gasteiger partial charge in [-0.05, 0) is 58.3 Å². The van der Waals surface area contributed by atoms with Crippen molar-refractivity contribution in [2.24, 2.45) is 0 Å². The number of carbonyl (C=O) groups excluding carboxylic acids is 1. The van der Waals surface area contributed by atoms with Crippen LogP contribution in [0.25, 0.3) is 0 Å². The molecular weight excluding hydrogens is 356 g/mol. The molecule has 0 radical (unpaired) electrons. The highest BCUT2D eigenvalue weighted by molar-refractivity contribution is 6.04. The Morgan fingerprint density at radius 3 is 2.65 bits per heavy atom. The van der Waals surface area contributed by atoms with E-state index in [9.17, 15) is 9.59 Å². The summed E-state index contributed by atoms with van der Waals surface area (Å²) in [5.74, 6) is -0.101. The van der Waals surface area contributed by atoms with Crippen LogP contribution in [-0.4, -0.2) is 38.6 Å². The van der Waals surface area contributed by atoms with E-state index in [2.05, 4.69) is 20.8 Å². The third-order valence-electron chi connectivity index (χ3n) is 4.47. The molecule has 3 rings (SSSR count). The number of carbonyl (C=O) groups is 1. The average molecular weight is 381 g/mol. The molecule has 8 nitrogen and oxygen atoms in total. The number of rotatable bonds is 4. The fourth-order valence-electron chi connectivity index (χ4n) is 3.05. The van der Waals surface area contributed by atoms with Crippen LogP contribution in [0.4, 0.5) is 5.82 Å². The van der Waals surface area contributed by atoms with Crippen molar-refractivity contribution in [1.82, 2.24) is 24.9 Å². The molecule has 0 atom stereocenters. The molecule has 26 heavy (non-hydrogen) atoms. The number of amides is 1. The summed E-state index contributed by atoms with van der Waals surface area (Å²) in [6, 6.07) is 2.05. The lowest BCUT2D eigenvalue weighted by atomic mass is 10.0. The van der Waals surface area contributed by atoms with Gasteiger partial charge in [-0.2, -0.15) is 9.90 Å². The molecule has 0 aliphatic carbocycles. The van der Waals surface area contributed by atoms with Crippen molar-refractivity contribution < 1.29 is 4.79 Å². The third-order valence-corrected chi connectivity index (χ3v) is 4.47. The van der Waals surface area contributed by atoms with E-state index in [1.54, 1.807) is 17.7 Å². The summed E-state index contributed by atoms with van der Waals surface area (Å²) >= 11 is 0. The maximum atomic E-state index is 12.9. The van der Waals surface area contributed by atoms with Gasteiger partial charge in [0, 0.05) is 12.2 Å². The minimum Gasteiger partial charge on any atom is -0.317 e. The van der Waals surface area contributed by atoms with Crippen molar-refractivity contribution in [1.29, 1.82) is 0 Å². The molecule has 2 aromatic rings. The van der Waals surface area contributed by atoms with Gasteiger partial charge in [0.1, 0.15) is 5.56 Å². The van der Waals surface area contributed by atoms with Crippen molar-refractivity contribution in [3.63, 3.8) is 0 Å². The number of aryl methyl sites for hydroxylation is 1. The lowest BCUT2D eigenvalue weighted by molar-refractivity contribution is 0.102. The molecule has 9 heteroatoms. The Hall–Kier alpha value is -2.19. The number of halogens is 1. The average Bonchev–Trinajstić information content (AvgIpc) is 3.04. The van der Waals surface area contributed by atoms with Crippen molar-refractivity contribution in [2.75, 3.05) is 18.4 Å². The Morgan fingerprint density at radius 1 is 1.35 bits per heavy atom. The first-order chi connectivity index (χ1) is 12.0. The molecular formula is C17H25ClN6O2. The van der Waals surface area contributed by atoms with Crippen molar-refractivity contribution in [3.05, 3.63) is 39.9 Å². The molecule has 1 aliphatic rings. The second-order valence-corrected chi connectivity index (χ2v) is 6.67. The molecule has 1 saturated heterocycles. The lowest BCUT2D eigenvalue weighted by Crippen LogP contribution is -2.37. The van der Waals surface area contributed by atoms with Gasteiger partial charge in [0.25, 0.3) is 11.5 Å². The molecule has 1 amide bonds. The fraction of sp³-hybridized carbons (Fsp3) is 0.529. The predicted molar refractivity (Wildman–Crippen MR) is 102 cm³/mol. The quantitative estimate of drug-likeness (QED) is 0.845. The minimum absolute atomic E-state index is 0. The summed E-state index contributed by atoms with van der Waals surface area (Å²) in [6.07, 6.45) is 5.04. The van der Waals surface area contributed by atoms with E-state index in [0.29, 0.717) is 11.4 Å². The van der Waals surface area contributed by atoms with Gasteiger partial charge >= 0.3 is 0 Å². The summed E-state index contributed by atoms with van der Waals surface area (Å²) in [5.41, 5.74) is 0.574. The van der Waals surface area contributed by atoms with E-state index in [1.807, 2.05) is 19.9 Å². The largest absolute Gasteiger partial charge is 0.317 e. The van der Waals surface area contributed by atoms with Crippen LogP contribution in [0, 0.1) is 6.92 Å². The highest BCUT2D eigenvalue weighted by Gasteiger charge is 2.22. The fourth-order valence-corrected chi connectivity index (χ4v) is 3.05. The molecule has 2 aromatic heterocycles. The van der Waals surface area contributed by atoms with E-state index in [1.165, 1.54) is 11.0 Å². The van der Waals surface area contributed by atoms with Gasteiger partial charge in [-0.1, -0.05) is 0 Å². The van der Waals surface area contributed by atoms with Crippen molar-refractivity contribution in [2.45, 2.75) is 45.7 Å². The predicted octanol–water partition coefficient (Wildman–Crippen LogP) is 1.93. The van der Waals surface area contributed by atoms with Crippen LogP contribution in [0.3, 0.4) is 0 Å². The summed E-state index contributed by atoms with van der Waals surface area (Å²) < 4.78 is 1.69.